The average molecular weight is 687 g/mol. The van der Waals surface area contributed by atoms with Crippen molar-refractivity contribution in [1.29, 1.82) is 0 Å². The first-order valence-corrected chi connectivity index (χ1v) is 18.2. The molecule has 2 aromatic heterocycles. The van der Waals surface area contributed by atoms with Crippen molar-refractivity contribution in [3.05, 3.63) is 169 Å². The van der Waals surface area contributed by atoms with Crippen molar-refractivity contribution >= 4 is 66.1 Å². The second-order valence-corrected chi connectivity index (χ2v) is 15.0. The second-order valence-electron chi connectivity index (χ2n) is 15.0. The maximum absolute atomic E-state index is 6.67. The van der Waals surface area contributed by atoms with Crippen LogP contribution < -0.4 is 14.5 Å². The lowest BCUT2D eigenvalue weighted by atomic mass is 9.88. The molecule has 5 heteroatoms. The minimum absolute atomic E-state index is 0.00693. The van der Waals surface area contributed by atoms with Crippen LogP contribution in [0.4, 0.5) is 22.7 Å². The molecule has 0 fully saturated rings. The first-order valence-electron chi connectivity index (χ1n) is 18.2. The van der Waals surface area contributed by atoms with E-state index in [4.69, 9.17) is 9.72 Å². The van der Waals surface area contributed by atoms with E-state index < -0.39 is 0 Å². The van der Waals surface area contributed by atoms with Gasteiger partial charge < -0.3 is 14.5 Å². The topological polar surface area (TPSA) is 33.5 Å². The van der Waals surface area contributed by atoms with Crippen LogP contribution in [0.15, 0.2) is 164 Å². The molecule has 7 aromatic carbocycles. The van der Waals surface area contributed by atoms with Gasteiger partial charge in [-0.1, -0.05) is 99.6 Å². The highest BCUT2D eigenvalue weighted by molar-refractivity contribution is 6.10. The Morgan fingerprint density at radius 2 is 1.17 bits per heavy atom. The molecule has 10 rings (SSSR count). The monoisotopic (exact) mass is 686 g/mol. The standard InChI is InChI=1S/C48H38N4O/c1-48(2,3)34-25-26-49-47(27-34)52-43-16-7-6-15-40(43)41-24-23-38(30-46(41)52)53-37-13-10-12-35(28-37)50-31-51(45-18-9-8-17-44(45)50)36-22-21-33-20-19-32-11-4-5-14-39(32)42(33)29-36/h4-30H,31H2,1-3H3. The van der Waals surface area contributed by atoms with Crippen LogP contribution in [-0.4, -0.2) is 16.2 Å². The van der Waals surface area contributed by atoms with Gasteiger partial charge in [0.1, 0.15) is 24.0 Å². The van der Waals surface area contributed by atoms with Crippen molar-refractivity contribution in [3.8, 4) is 17.3 Å². The van der Waals surface area contributed by atoms with Crippen molar-refractivity contribution in [2.24, 2.45) is 0 Å². The average Bonchev–Trinajstić information content (AvgIpc) is 3.74. The summed E-state index contributed by atoms with van der Waals surface area (Å²) in [7, 11) is 0. The Labute approximate surface area is 308 Å². The number of nitrogens with zero attached hydrogens (tertiary/aromatic N) is 4. The van der Waals surface area contributed by atoms with Gasteiger partial charge in [-0.15, -0.1) is 0 Å². The maximum Gasteiger partial charge on any atom is 0.137 e. The van der Waals surface area contributed by atoms with E-state index in [9.17, 15) is 0 Å². The van der Waals surface area contributed by atoms with Crippen LogP contribution in [0.3, 0.4) is 0 Å². The van der Waals surface area contributed by atoms with E-state index in [0.717, 1.165) is 34.0 Å². The summed E-state index contributed by atoms with van der Waals surface area (Å²) < 4.78 is 8.92. The van der Waals surface area contributed by atoms with E-state index >= 15 is 0 Å². The molecule has 0 unspecified atom stereocenters. The summed E-state index contributed by atoms with van der Waals surface area (Å²) in [6.45, 7) is 7.40. The zero-order valence-corrected chi connectivity index (χ0v) is 30.0. The van der Waals surface area contributed by atoms with Crippen molar-refractivity contribution < 1.29 is 4.74 Å². The zero-order chi connectivity index (χ0) is 35.7. The molecule has 0 saturated carbocycles. The SMILES string of the molecule is CC(C)(C)c1ccnc(-n2c3ccccc3c3ccc(Oc4cccc(N5CN(c6ccc7ccc8ccccc8c7c6)c6ccccc65)c4)cc32)c1. The molecule has 3 heterocycles. The molecule has 9 aromatic rings. The van der Waals surface area contributed by atoms with Crippen molar-refractivity contribution in [2.75, 3.05) is 16.5 Å². The smallest absolute Gasteiger partial charge is 0.137 e. The first-order chi connectivity index (χ1) is 25.9. The Morgan fingerprint density at radius 3 is 1.98 bits per heavy atom. The summed E-state index contributed by atoms with van der Waals surface area (Å²) in [4.78, 5) is 9.62. The molecular formula is C48H38N4O. The number of para-hydroxylation sites is 3. The van der Waals surface area contributed by atoms with Gasteiger partial charge in [-0.3, -0.25) is 4.57 Å². The molecule has 5 nitrogen and oxygen atoms in total. The normalized spacial score (nSPS) is 13.0. The van der Waals surface area contributed by atoms with E-state index in [1.165, 1.54) is 54.9 Å². The summed E-state index contributed by atoms with van der Waals surface area (Å²) >= 11 is 0. The third kappa shape index (κ3) is 5.27. The van der Waals surface area contributed by atoms with Crippen molar-refractivity contribution in [3.63, 3.8) is 0 Å². The fourth-order valence-electron chi connectivity index (χ4n) is 7.93. The van der Waals surface area contributed by atoms with Gasteiger partial charge in [-0.05, 0) is 99.3 Å². The van der Waals surface area contributed by atoms with Gasteiger partial charge in [-0.2, -0.15) is 0 Å². The molecule has 256 valence electrons. The van der Waals surface area contributed by atoms with E-state index in [-0.39, 0.29) is 5.41 Å². The van der Waals surface area contributed by atoms with Crippen LogP contribution >= 0.6 is 0 Å². The van der Waals surface area contributed by atoms with Gasteiger partial charge in [0.25, 0.3) is 0 Å². The van der Waals surface area contributed by atoms with Crippen LogP contribution in [0.1, 0.15) is 26.3 Å². The first kappa shape index (κ1) is 31.2. The Hall–Kier alpha value is -6.59. The summed E-state index contributed by atoms with van der Waals surface area (Å²) in [6, 6.07) is 56.2. The van der Waals surface area contributed by atoms with Crippen LogP contribution in [-0.2, 0) is 5.41 Å². The lowest BCUT2D eigenvalue weighted by Crippen LogP contribution is -2.23. The summed E-state index contributed by atoms with van der Waals surface area (Å²) in [5, 5.41) is 7.39. The molecule has 1 aliphatic heterocycles. The number of anilines is 4. The number of fused-ring (bicyclic) bond motifs is 7. The van der Waals surface area contributed by atoms with Gasteiger partial charge >= 0.3 is 0 Å². The molecule has 1 aliphatic rings. The quantitative estimate of drug-likeness (QED) is 0.169. The number of benzene rings is 7. The molecule has 0 atom stereocenters. The van der Waals surface area contributed by atoms with Gasteiger partial charge in [0.2, 0.25) is 0 Å². The Balaban J connectivity index is 1.00. The molecule has 53 heavy (non-hydrogen) atoms. The summed E-state index contributed by atoms with van der Waals surface area (Å²) in [5.41, 5.74) is 8.02. The van der Waals surface area contributed by atoms with E-state index in [1.54, 1.807) is 0 Å². The number of rotatable bonds is 5. The van der Waals surface area contributed by atoms with Crippen LogP contribution in [0, 0.1) is 0 Å². The fourth-order valence-corrected chi connectivity index (χ4v) is 7.93. The maximum atomic E-state index is 6.67. The molecule has 0 bridgehead atoms. The molecular weight excluding hydrogens is 649 g/mol. The largest absolute Gasteiger partial charge is 0.457 e. The number of aromatic nitrogens is 2. The minimum Gasteiger partial charge on any atom is -0.457 e. The molecule has 0 saturated heterocycles. The van der Waals surface area contributed by atoms with Gasteiger partial charge in [0.05, 0.1) is 22.4 Å². The Morgan fingerprint density at radius 1 is 0.509 bits per heavy atom. The number of pyridine rings is 1. The van der Waals surface area contributed by atoms with Gasteiger partial charge in [0, 0.05) is 40.5 Å². The lowest BCUT2D eigenvalue weighted by Gasteiger charge is -2.23. The number of ether oxygens (including phenoxy) is 1. The lowest BCUT2D eigenvalue weighted by molar-refractivity contribution is 0.483. The van der Waals surface area contributed by atoms with E-state index in [0.29, 0.717) is 6.67 Å². The minimum atomic E-state index is 0.00693. The highest BCUT2D eigenvalue weighted by Crippen LogP contribution is 2.46. The third-order valence-electron chi connectivity index (χ3n) is 10.6. The molecule has 0 spiro atoms. The van der Waals surface area contributed by atoms with Gasteiger partial charge in [0.15, 0.2) is 0 Å². The highest BCUT2D eigenvalue weighted by Gasteiger charge is 2.28. The fraction of sp³-hybridized carbons (Fsp3) is 0.104. The molecule has 0 aliphatic carbocycles. The Bertz CT molecular complexity index is 2860. The summed E-state index contributed by atoms with van der Waals surface area (Å²) in [6.07, 6.45) is 1.92. The van der Waals surface area contributed by atoms with Crippen LogP contribution in [0.2, 0.25) is 0 Å². The second kappa shape index (κ2) is 12.0. The number of hydrogen-bond acceptors (Lipinski definition) is 4. The van der Waals surface area contributed by atoms with Gasteiger partial charge in [-0.25, -0.2) is 4.98 Å². The van der Waals surface area contributed by atoms with Crippen LogP contribution in [0.5, 0.6) is 11.5 Å². The number of hydrogen-bond donors (Lipinski definition) is 0. The molecule has 0 amide bonds. The molecule has 0 N–H and O–H groups in total. The predicted molar refractivity (Wildman–Crippen MR) is 221 cm³/mol. The Kier molecular flexibility index (Phi) is 7.05. The molecule has 0 radical (unpaired) electrons. The zero-order valence-electron chi connectivity index (χ0n) is 30.0. The predicted octanol–water partition coefficient (Wildman–Crippen LogP) is 12.8. The summed E-state index contributed by atoms with van der Waals surface area (Å²) in [5.74, 6) is 2.46. The van der Waals surface area contributed by atoms with Crippen molar-refractivity contribution in [2.45, 2.75) is 26.2 Å². The van der Waals surface area contributed by atoms with E-state index in [2.05, 4.69) is 187 Å². The van der Waals surface area contributed by atoms with E-state index in [1.807, 2.05) is 12.3 Å². The highest BCUT2D eigenvalue weighted by atomic mass is 16.5. The third-order valence-corrected chi connectivity index (χ3v) is 10.6. The van der Waals surface area contributed by atoms with Crippen molar-refractivity contribution in [1.82, 2.24) is 9.55 Å². The van der Waals surface area contributed by atoms with Crippen LogP contribution in [0.25, 0.3) is 49.2 Å².